The first-order valence-corrected chi connectivity index (χ1v) is 16.5. The number of nitrogens with zero attached hydrogens (tertiary/aromatic N) is 2. The molecule has 0 aliphatic heterocycles. The third-order valence-corrected chi connectivity index (χ3v) is 9.45. The smallest absolute Gasteiger partial charge is 0.265 e. The monoisotopic (exact) mass is 655 g/mol. The molecule has 250 valence electrons. The minimum absolute atomic E-state index is 0.0811. The molecule has 2 amide bonds. The van der Waals surface area contributed by atoms with Gasteiger partial charge in [-0.05, 0) is 56.5 Å². The number of benzene rings is 3. The first kappa shape index (κ1) is 36.0. The molecular formula is C34H45N3O8S. The summed E-state index contributed by atoms with van der Waals surface area (Å²) in [7, 11) is 1.27. The van der Waals surface area contributed by atoms with Crippen LogP contribution in [0.2, 0.25) is 0 Å². The maximum absolute atomic E-state index is 14.5. The fraction of sp³-hybridized carbons (Fsp3) is 0.412. The van der Waals surface area contributed by atoms with E-state index in [1.807, 2.05) is 52.0 Å². The van der Waals surface area contributed by atoms with Gasteiger partial charge in [0.2, 0.25) is 11.8 Å². The zero-order valence-electron chi connectivity index (χ0n) is 27.8. The van der Waals surface area contributed by atoms with Crippen LogP contribution in [0.4, 0.5) is 5.69 Å². The predicted molar refractivity (Wildman–Crippen MR) is 177 cm³/mol. The molecule has 12 heteroatoms. The molecular weight excluding hydrogens is 610 g/mol. The molecule has 0 unspecified atom stereocenters. The van der Waals surface area contributed by atoms with Crippen molar-refractivity contribution in [2.45, 2.75) is 64.1 Å². The van der Waals surface area contributed by atoms with Gasteiger partial charge in [0.05, 0.1) is 39.0 Å². The topological polar surface area (TPSA) is 124 Å². The third kappa shape index (κ3) is 8.42. The van der Waals surface area contributed by atoms with E-state index in [0.29, 0.717) is 24.3 Å². The fourth-order valence-electron chi connectivity index (χ4n) is 4.98. The van der Waals surface area contributed by atoms with E-state index in [1.165, 1.54) is 57.6 Å². The Balaban J connectivity index is 2.20. The molecule has 0 spiro atoms. The summed E-state index contributed by atoms with van der Waals surface area (Å²) < 4.78 is 51.6. The molecule has 11 nitrogen and oxygen atoms in total. The van der Waals surface area contributed by atoms with Gasteiger partial charge >= 0.3 is 0 Å². The van der Waals surface area contributed by atoms with E-state index >= 15 is 0 Å². The number of carbonyl (C=O) groups excluding carboxylic acids is 2. The Labute approximate surface area is 272 Å². The number of sulfonamides is 1. The van der Waals surface area contributed by atoms with Crippen LogP contribution >= 0.6 is 0 Å². The molecule has 3 aromatic carbocycles. The summed E-state index contributed by atoms with van der Waals surface area (Å²) in [4.78, 5) is 29.3. The summed E-state index contributed by atoms with van der Waals surface area (Å²) in [6.07, 6.45) is 1.02. The third-order valence-electron chi connectivity index (χ3n) is 7.70. The number of anilines is 1. The number of rotatable bonds is 16. The zero-order chi connectivity index (χ0) is 34.0. The number of hydrogen-bond acceptors (Lipinski definition) is 8. The first-order chi connectivity index (χ1) is 21.9. The van der Waals surface area contributed by atoms with Gasteiger partial charge in [-0.2, -0.15) is 0 Å². The van der Waals surface area contributed by atoms with E-state index in [-0.39, 0.29) is 40.6 Å². The second-order valence-corrected chi connectivity index (χ2v) is 12.7. The quantitative estimate of drug-likeness (QED) is 0.230. The van der Waals surface area contributed by atoms with Crippen molar-refractivity contribution in [3.8, 4) is 23.0 Å². The van der Waals surface area contributed by atoms with Crippen molar-refractivity contribution >= 4 is 27.5 Å². The molecule has 0 bridgehead atoms. The van der Waals surface area contributed by atoms with Gasteiger partial charge in [0.25, 0.3) is 10.0 Å². The lowest BCUT2D eigenvalue weighted by atomic mass is 10.1. The van der Waals surface area contributed by atoms with Crippen LogP contribution in [-0.2, 0) is 26.2 Å². The Kier molecular flexibility index (Phi) is 12.7. The van der Waals surface area contributed by atoms with E-state index in [4.69, 9.17) is 18.9 Å². The molecule has 2 atom stereocenters. The van der Waals surface area contributed by atoms with Crippen LogP contribution in [-0.4, -0.2) is 72.2 Å². The summed E-state index contributed by atoms with van der Waals surface area (Å²) >= 11 is 0. The van der Waals surface area contributed by atoms with Crippen LogP contribution in [0.1, 0.15) is 44.7 Å². The lowest BCUT2D eigenvalue weighted by Gasteiger charge is -2.34. The standard InChI is InChI=1S/C34H45N3O8S/c1-9-24(4)35-34(39)28(10-2)36(21-25-13-11-12-23(3)18-25)33(38)22-37(29-19-26(42-5)14-16-30(29)43-6)46(40,41)27-15-17-31(44-7)32(20-27)45-8/h11-20,24,28H,9-10,21-22H2,1-8H3,(H,35,39)/t24-,28+/m0/s1. The minimum Gasteiger partial charge on any atom is -0.497 e. The number of nitrogens with one attached hydrogen (secondary N) is 1. The maximum atomic E-state index is 14.5. The Bertz CT molecular complexity index is 1610. The van der Waals surface area contributed by atoms with Crippen LogP contribution < -0.4 is 28.6 Å². The van der Waals surface area contributed by atoms with E-state index in [9.17, 15) is 18.0 Å². The van der Waals surface area contributed by atoms with Crippen molar-refractivity contribution < 1.29 is 37.0 Å². The van der Waals surface area contributed by atoms with E-state index in [2.05, 4.69) is 5.32 Å². The van der Waals surface area contributed by atoms with Gasteiger partial charge in [-0.1, -0.05) is 43.7 Å². The molecule has 0 aliphatic rings. The van der Waals surface area contributed by atoms with Gasteiger partial charge in [-0.15, -0.1) is 0 Å². The first-order valence-electron chi connectivity index (χ1n) is 15.1. The van der Waals surface area contributed by atoms with Gasteiger partial charge in [0.15, 0.2) is 11.5 Å². The summed E-state index contributed by atoms with van der Waals surface area (Å²) in [6.45, 7) is 7.06. The highest BCUT2D eigenvalue weighted by molar-refractivity contribution is 7.92. The molecule has 0 saturated heterocycles. The molecule has 0 heterocycles. The Morgan fingerprint density at radius 2 is 1.50 bits per heavy atom. The van der Waals surface area contributed by atoms with Crippen LogP contribution in [0.3, 0.4) is 0 Å². The largest absolute Gasteiger partial charge is 0.497 e. The molecule has 0 radical (unpaired) electrons. The van der Waals surface area contributed by atoms with Gasteiger partial charge < -0.3 is 29.2 Å². The van der Waals surface area contributed by atoms with Crippen molar-refractivity contribution in [2.24, 2.45) is 0 Å². The number of hydrogen-bond donors (Lipinski definition) is 1. The molecule has 3 aromatic rings. The number of amides is 2. The second kappa shape index (κ2) is 16.2. The van der Waals surface area contributed by atoms with Gasteiger partial charge in [-0.3, -0.25) is 13.9 Å². The van der Waals surface area contributed by atoms with Crippen LogP contribution in [0.5, 0.6) is 23.0 Å². The Morgan fingerprint density at radius 3 is 2.09 bits per heavy atom. The summed E-state index contributed by atoms with van der Waals surface area (Å²) in [5, 5.41) is 2.98. The Hall–Kier alpha value is -4.45. The number of carbonyl (C=O) groups is 2. The summed E-state index contributed by atoms with van der Waals surface area (Å²) in [5.74, 6) is 0.190. The van der Waals surface area contributed by atoms with E-state index in [1.54, 1.807) is 12.1 Å². The van der Waals surface area contributed by atoms with Crippen LogP contribution in [0.25, 0.3) is 0 Å². The van der Waals surface area contributed by atoms with Crippen molar-refractivity contribution in [2.75, 3.05) is 39.3 Å². The average molecular weight is 656 g/mol. The zero-order valence-corrected chi connectivity index (χ0v) is 28.6. The Morgan fingerprint density at radius 1 is 0.826 bits per heavy atom. The lowest BCUT2D eigenvalue weighted by molar-refractivity contribution is -0.140. The van der Waals surface area contributed by atoms with Crippen LogP contribution in [0.15, 0.2) is 65.6 Å². The second-order valence-electron chi connectivity index (χ2n) is 10.8. The summed E-state index contributed by atoms with van der Waals surface area (Å²) in [5.41, 5.74) is 1.87. The van der Waals surface area contributed by atoms with E-state index in [0.717, 1.165) is 15.4 Å². The number of methoxy groups -OCH3 is 4. The molecule has 3 rings (SSSR count). The normalized spacial score (nSPS) is 12.4. The molecule has 0 fully saturated rings. The van der Waals surface area contributed by atoms with Crippen molar-refractivity contribution in [1.29, 1.82) is 0 Å². The highest BCUT2D eigenvalue weighted by Crippen LogP contribution is 2.38. The highest BCUT2D eigenvalue weighted by atomic mass is 32.2. The molecule has 0 saturated carbocycles. The SMILES string of the molecule is CC[C@H](C(=O)N[C@@H](C)CC)N(Cc1cccc(C)c1)C(=O)CN(c1cc(OC)ccc1OC)S(=O)(=O)c1ccc(OC)c(OC)c1. The highest BCUT2D eigenvalue weighted by Gasteiger charge is 2.35. The molecule has 0 aromatic heterocycles. The lowest BCUT2D eigenvalue weighted by Crippen LogP contribution is -2.53. The summed E-state index contributed by atoms with van der Waals surface area (Å²) in [6, 6.07) is 15.5. The van der Waals surface area contributed by atoms with Gasteiger partial charge in [0, 0.05) is 24.7 Å². The fourth-order valence-corrected chi connectivity index (χ4v) is 6.41. The molecule has 46 heavy (non-hydrogen) atoms. The van der Waals surface area contributed by atoms with E-state index < -0.39 is 28.5 Å². The van der Waals surface area contributed by atoms with Gasteiger partial charge in [0.1, 0.15) is 24.1 Å². The van der Waals surface area contributed by atoms with Crippen molar-refractivity contribution in [3.63, 3.8) is 0 Å². The van der Waals surface area contributed by atoms with Crippen molar-refractivity contribution in [3.05, 3.63) is 71.8 Å². The maximum Gasteiger partial charge on any atom is 0.265 e. The number of ether oxygens (including phenoxy) is 4. The average Bonchev–Trinajstić information content (AvgIpc) is 3.06. The predicted octanol–water partition coefficient (Wildman–Crippen LogP) is 4.95. The minimum atomic E-state index is -4.44. The van der Waals surface area contributed by atoms with Gasteiger partial charge in [-0.25, -0.2) is 8.42 Å². The van der Waals surface area contributed by atoms with Crippen molar-refractivity contribution in [1.82, 2.24) is 10.2 Å². The molecule has 1 N–H and O–H groups in total. The number of aryl methyl sites for hydroxylation is 1. The molecule has 0 aliphatic carbocycles. The van der Waals surface area contributed by atoms with Crippen LogP contribution in [0, 0.1) is 6.92 Å².